The molecule has 0 spiro atoms. The molecule has 1 N–H and O–H groups in total. The summed E-state index contributed by atoms with van der Waals surface area (Å²) in [4.78, 5) is 26.3. The van der Waals surface area contributed by atoms with Gasteiger partial charge in [-0.3, -0.25) is 4.79 Å². The summed E-state index contributed by atoms with van der Waals surface area (Å²) in [6.45, 7) is 3.82. The first-order valence-electron chi connectivity index (χ1n) is 10.3. The van der Waals surface area contributed by atoms with E-state index in [0.29, 0.717) is 21.1 Å². The van der Waals surface area contributed by atoms with Crippen LogP contribution < -0.4 is 15.0 Å². The lowest BCUT2D eigenvalue weighted by molar-refractivity contribution is -0.118. The number of piperidine rings is 1. The number of anilines is 2. The molecule has 7 nitrogen and oxygen atoms in total. The number of fused-ring (bicyclic) bond motifs is 1. The van der Waals surface area contributed by atoms with E-state index in [1.54, 1.807) is 12.1 Å². The maximum Gasteiger partial charge on any atom is 0.262 e. The highest BCUT2D eigenvalue weighted by Gasteiger charge is 2.22. The van der Waals surface area contributed by atoms with Gasteiger partial charge in [-0.1, -0.05) is 22.9 Å². The highest BCUT2D eigenvalue weighted by atomic mass is 35.5. The van der Waals surface area contributed by atoms with Gasteiger partial charge in [0.25, 0.3) is 5.91 Å². The normalized spacial score (nSPS) is 14.9. The standard InChI is InChI=1S/C22H26ClN5O2S/c1-14-17-12-15(25-20(29)13-30-21-7-6-19(23)31-21)4-5-18(17)26-22(24-14)28-10-8-16(9-11-28)27(2)3/h4-7,12,16H,8-11,13H2,1-3H3,(H,25,29). The van der Waals surface area contributed by atoms with E-state index in [4.69, 9.17) is 26.3 Å². The minimum absolute atomic E-state index is 0.0772. The van der Waals surface area contributed by atoms with Gasteiger partial charge >= 0.3 is 0 Å². The number of carbonyl (C=O) groups is 1. The molecule has 0 unspecified atom stereocenters. The zero-order valence-electron chi connectivity index (χ0n) is 17.9. The fourth-order valence-corrected chi connectivity index (χ4v) is 4.65. The van der Waals surface area contributed by atoms with Crippen LogP contribution in [0.25, 0.3) is 10.9 Å². The third-order valence-corrected chi connectivity index (χ3v) is 6.67. The molecule has 1 aliphatic heterocycles. The van der Waals surface area contributed by atoms with Crippen molar-refractivity contribution in [2.24, 2.45) is 0 Å². The summed E-state index contributed by atoms with van der Waals surface area (Å²) in [5.41, 5.74) is 2.46. The lowest BCUT2D eigenvalue weighted by Crippen LogP contribution is -2.42. The van der Waals surface area contributed by atoms with Gasteiger partial charge in [-0.15, -0.1) is 0 Å². The van der Waals surface area contributed by atoms with E-state index in [1.165, 1.54) is 11.3 Å². The summed E-state index contributed by atoms with van der Waals surface area (Å²) in [7, 11) is 4.27. The number of thiophene rings is 1. The molecule has 0 bridgehead atoms. The number of ether oxygens (including phenoxy) is 1. The molecule has 3 heterocycles. The third kappa shape index (κ3) is 5.26. The number of amides is 1. The molecule has 1 amide bonds. The number of carbonyl (C=O) groups excluding carboxylic acids is 1. The number of rotatable bonds is 6. The Morgan fingerprint density at radius 1 is 1.26 bits per heavy atom. The van der Waals surface area contributed by atoms with E-state index < -0.39 is 0 Å². The van der Waals surface area contributed by atoms with E-state index in [1.807, 2.05) is 25.1 Å². The molecule has 0 atom stereocenters. The molecule has 1 fully saturated rings. The first kappa shape index (κ1) is 21.8. The Morgan fingerprint density at radius 2 is 2.03 bits per heavy atom. The minimum atomic E-state index is -0.233. The van der Waals surface area contributed by atoms with Crippen LogP contribution in [0, 0.1) is 6.92 Å². The topological polar surface area (TPSA) is 70.6 Å². The maximum atomic E-state index is 12.2. The van der Waals surface area contributed by atoms with Crippen LogP contribution in [0.3, 0.4) is 0 Å². The van der Waals surface area contributed by atoms with Crippen LogP contribution >= 0.6 is 22.9 Å². The fourth-order valence-electron chi connectivity index (χ4n) is 3.78. The van der Waals surface area contributed by atoms with Crippen molar-refractivity contribution in [2.75, 3.05) is 44.0 Å². The number of hydrogen-bond donors (Lipinski definition) is 1. The highest BCUT2D eigenvalue weighted by molar-refractivity contribution is 7.17. The first-order chi connectivity index (χ1) is 14.9. The van der Waals surface area contributed by atoms with Crippen molar-refractivity contribution in [3.8, 4) is 5.06 Å². The first-order valence-corrected chi connectivity index (χ1v) is 11.5. The Hall–Kier alpha value is -2.42. The second kappa shape index (κ2) is 9.38. The van der Waals surface area contributed by atoms with Crippen LogP contribution in [0.5, 0.6) is 5.06 Å². The molecule has 0 saturated carbocycles. The number of hydrogen-bond acceptors (Lipinski definition) is 7. The highest BCUT2D eigenvalue weighted by Crippen LogP contribution is 2.28. The van der Waals surface area contributed by atoms with E-state index in [0.717, 1.165) is 48.5 Å². The molecule has 9 heteroatoms. The molecular weight excluding hydrogens is 434 g/mol. The van der Waals surface area contributed by atoms with Crippen LogP contribution in [0.1, 0.15) is 18.5 Å². The smallest absolute Gasteiger partial charge is 0.262 e. The molecule has 31 heavy (non-hydrogen) atoms. The summed E-state index contributed by atoms with van der Waals surface area (Å²) in [6, 6.07) is 9.80. The van der Waals surface area contributed by atoms with Crippen LogP contribution in [-0.2, 0) is 4.79 Å². The fraction of sp³-hybridized carbons (Fsp3) is 0.409. The zero-order valence-corrected chi connectivity index (χ0v) is 19.5. The van der Waals surface area contributed by atoms with Gasteiger partial charge in [0.2, 0.25) is 5.95 Å². The second-order valence-electron chi connectivity index (χ2n) is 7.92. The van der Waals surface area contributed by atoms with Gasteiger partial charge < -0.3 is 19.9 Å². The molecule has 0 radical (unpaired) electrons. The van der Waals surface area contributed by atoms with Gasteiger partial charge in [0.05, 0.1) is 15.5 Å². The van der Waals surface area contributed by atoms with Crippen molar-refractivity contribution in [2.45, 2.75) is 25.8 Å². The Labute approximate surface area is 191 Å². The third-order valence-electron chi connectivity index (χ3n) is 5.53. The number of nitrogens with one attached hydrogen (secondary N) is 1. The molecule has 164 valence electrons. The van der Waals surface area contributed by atoms with Gasteiger partial charge in [0, 0.05) is 30.2 Å². The van der Waals surface area contributed by atoms with E-state index in [2.05, 4.69) is 29.2 Å². The van der Waals surface area contributed by atoms with E-state index in [9.17, 15) is 4.79 Å². The Bertz CT molecular complexity index is 1080. The predicted molar refractivity (Wildman–Crippen MR) is 127 cm³/mol. The molecule has 1 saturated heterocycles. The van der Waals surface area contributed by atoms with E-state index in [-0.39, 0.29) is 12.5 Å². The average Bonchev–Trinajstić information content (AvgIpc) is 3.18. The Kier molecular flexibility index (Phi) is 6.60. The molecule has 0 aliphatic carbocycles. The van der Waals surface area contributed by atoms with Gasteiger partial charge in [-0.25, -0.2) is 9.97 Å². The summed E-state index contributed by atoms with van der Waals surface area (Å²) >= 11 is 7.17. The van der Waals surface area contributed by atoms with Gasteiger partial charge in [0.1, 0.15) is 0 Å². The number of benzene rings is 1. The zero-order chi connectivity index (χ0) is 22.0. The van der Waals surface area contributed by atoms with Crippen LogP contribution in [0.4, 0.5) is 11.6 Å². The maximum absolute atomic E-state index is 12.2. The van der Waals surface area contributed by atoms with Crippen molar-refractivity contribution in [3.63, 3.8) is 0 Å². The molecule has 1 aliphatic rings. The van der Waals surface area contributed by atoms with Crippen molar-refractivity contribution in [1.82, 2.24) is 14.9 Å². The van der Waals surface area contributed by atoms with E-state index >= 15 is 0 Å². The number of aryl methyl sites for hydroxylation is 1. The van der Waals surface area contributed by atoms with Crippen molar-refractivity contribution in [1.29, 1.82) is 0 Å². The van der Waals surface area contributed by atoms with Gasteiger partial charge in [-0.2, -0.15) is 0 Å². The van der Waals surface area contributed by atoms with Crippen LogP contribution in [0.15, 0.2) is 30.3 Å². The number of aromatic nitrogens is 2. The Morgan fingerprint density at radius 3 is 2.71 bits per heavy atom. The summed E-state index contributed by atoms with van der Waals surface area (Å²) in [6.07, 6.45) is 2.22. The monoisotopic (exact) mass is 459 g/mol. The average molecular weight is 460 g/mol. The van der Waals surface area contributed by atoms with Crippen molar-refractivity contribution < 1.29 is 9.53 Å². The lowest BCUT2D eigenvalue weighted by atomic mass is 10.0. The van der Waals surface area contributed by atoms with Crippen LogP contribution in [-0.4, -0.2) is 60.6 Å². The van der Waals surface area contributed by atoms with Crippen molar-refractivity contribution >= 4 is 51.4 Å². The second-order valence-corrected chi connectivity index (χ2v) is 9.60. The summed E-state index contributed by atoms with van der Waals surface area (Å²) < 4.78 is 6.09. The molecule has 4 rings (SSSR count). The summed E-state index contributed by atoms with van der Waals surface area (Å²) in [5.74, 6) is 0.546. The molecule has 2 aromatic heterocycles. The summed E-state index contributed by atoms with van der Waals surface area (Å²) in [5, 5.41) is 4.41. The van der Waals surface area contributed by atoms with Crippen LogP contribution in [0.2, 0.25) is 4.34 Å². The quantitative estimate of drug-likeness (QED) is 0.595. The minimum Gasteiger partial charge on any atom is -0.474 e. The van der Waals surface area contributed by atoms with Crippen molar-refractivity contribution in [3.05, 3.63) is 40.4 Å². The van der Waals surface area contributed by atoms with Gasteiger partial charge in [0.15, 0.2) is 11.7 Å². The Balaban J connectivity index is 1.42. The largest absolute Gasteiger partial charge is 0.474 e. The van der Waals surface area contributed by atoms with Gasteiger partial charge in [-0.05, 0) is 64.2 Å². The molecule has 3 aromatic rings. The SMILES string of the molecule is Cc1nc(N2CCC(N(C)C)CC2)nc2ccc(NC(=O)COc3ccc(Cl)s3)cc12. The molecular formula is C22H26ClN5O2S. The molecule has 1 aromatic carbocycles. The lowest BCUT2D eigenvalue weighted by Gasteiger charge is -2.35. The number of nitrogens with zero attached hydrogens (tertiary/aromatic N) is 4. The predicted octanol–water partition coefficient (Wildman–Crippen LogP) is 4.20. The number of halogens is 1.